The van der Waals surface area contributed by atoms with Gasteiger partial charge in [-0.1, -0.05) is 13.8 Å². The average molecular weight is 261 g/mol. The summed E-state index contributed by atoms with van der Waals surface area (Å²) in [6.07, 6.45) is 7.23. The summed E-state index contributed by atoms with van der Waals surface area (Å²) >= 11 is 0. The van der Waals surface area contributed by atoms with Gasteiger partial charge in [-0.15, -0.1) is 0 Å². The van der Waals surface area contributed by atoms with E-state index in [1.807, 2.05) is 4.68 Å². The summed E-state index contributed by atoms with van der Waals surface area (Å²) in [7, 11) is 0. The van der Waals surface area contributed by atoms with Gasteiger partial charge in [-0.25, -0.2) is 19.6 Å². The standard InChI is InChI=1S/C12H19N7/c1-9(2)6-19-12(16-8-17-19)3-11(18-13)10-4-14-7-15-5-10/h4-5,7-9,11,18H,3,6,13H2,1-2H3. The fourth-order valence-electron chi connectivity index (χ4n) is 1.89. The van der Waals surface area contributed by atoms with Gasteiger partial charge in [-0.2, -0.15) is 5.10 Å². The second-order valence-corrected chi connectivity index (χ2v) is 4.85. The SMILES string of the molecule is CC(C)Cn1ncnc1CC(NN)c1cncnc1. The molecular formula is C12H19N7. The molecule has 0 aliphatic carbocycles. The molecule has 2 rings (SSSR count). The Morgan fingerprint density at radius 3 is 2.63 bits per heavy atom. The lowest BCUT2D eigenvalue weighted by Gasteiger charge is -2.16. The number of aromatic nitrogens is 5. The zero-order valence-electron chi connectivity index (χ0n) is 11.2. The van der Waals surface area contributed by atoms with Crippen LogP contribution in [0.4, 0.5) is 0 Å². The van der Waals surface area contributed by atoms with Crippen LogP contribution in [0.25, 0.3) is 0 Å². The van der Waals surface area contributed by atoms with Gasteiger partial charge < -0.3 is 0 Å². The Morgan fingerprint density at radius 2 is 2.00 bits per heavy atom. The van der Waals surface area contributed by atoms with Crippen LogP contribution in [0.5, 0.6) is 0 Å². The van der Waals surface area contributed by atoms with Crippen LogP contribution in [0.2, 0.25) is 0 Å². The average Bonchev–Trinajstić information content (AvgIpc) is 2.83. The summed E-state index contributed by atoms with van der Waals surface area (Å²) < 4.78 is 1.92. The number of nitrogens with zero attached hydrogens (tertiary/aromatic N) is 5. The Morgan fingerprint density at radius 1 is 1.26 bits per heavy atom. The maximum atomic E-state index is 5.61. The zero-order valence-corrected chi connectivity index (χ0v) is 11.2. The lowest BCUT2D eigenvalue weighted by Crippen LogP contribution is -2.30. The molecular weight excluding hydrogens is 242 g/mol. The molecule has 2 aromatic heterocycles. The number of nitrogens with one attached hydrogen (secondary N) is 1. The van der Waals surface area contributed by atoms with E-state index in [0.29, 0.717) is 12.3 Å². The predicted molar refractivity (Wildman–Crippen MR) is 70.7 cm³/mol. The van der Waals surface area contributed by atoms with E-state index < -0.39 is 0 Å². The molecule has 3 N–H and O–H groups in total. The summed E-state index contributed by atoms with van der Waals surface area (Å²) in [6, 6.07) is -0.0729. The molecule has 7 nitrogen and oxygen atoms in total. The van der Waals surface area contributed by atoms with E-state index in [9.17, 15) is 0 Å². The first-order valence-corrected chi connectivity index (χ1v) is 6.28. The van der Waals surface area contributed by atoms with Gasteiger partial charge in [0, 0.05) is 30.9 Å². The van der Waals surface area contributed by atoms with Gasteiger partial charge in [-0.3, -0.25) is 11.3 Å². The minimum absolute atomic E-state index is 0.0729. The van der Waals surface area contributed by atoms with Gasteiger partial charge in [-0.05, 0) is 5.92 Å². The van der Waals surface area contributed by atoms with Crippen LogP contribution in [0, 0.1) is 5.92 Å². The molecule has 0 aliphatic rings. The number of hydrogen-bond acceptors (Lipinski definition) is 6. The van der Waals surface area contributed by atoms with E-state index in [2.05, 4.69) is 39.3 Å². The van der Waals surface area contributed by atoms with Crippen molar-refractivity contribution in [2.24, 2.45) is 11.8 Å². The summed E-state index contributed by atoms with van der Waals surface area (Å²) in [5.41, 5.74) is 3.71. The van der Waals surface area contributed by atoms with Crippen LogP contribution in [-0.4, -0.2) is 24.7 Å². The highest BCUT2D eigenvalue weighted by Crippen LogP contribution is 2.15. The zero-order chi connectivity index (χ0) is 13.7. The molecule has 0 bridgehead atoms. The van der Waals surface area contributed by atoms with Gasteiger partial charge in [0.2, 0.25) is 0 Å². The number of rotatable bonds is 6. The number of nitrogens with two attached hydrogens (primary N) is 1. The molecule has 0 saturated heterocycles. The molecule has 1 unspecified atom stereocenters. The normalized spacial score (nSPS) is 12.8. The highest BCUT2D eigenvalue weighted by atomic mass is 15.3. The number of hydrazine groups is 1. The molecule has 2 aromatic rings. The summed E-state index contributed by atoms with van der Waals surface area (Å²) in [5.74, 6) is 7.03. The van der Waals surface area contributed by atoms with E-state index in [-0.39, 0.29) is 6.04 Å². The van der Waals surface area contributed by atoms with Gasteiger partial charge >= 0.3 is 0 Å². The van der Waals surface area contributed by atoms with E-state index in [0.717, 1.165) is 17.9 Å². The topological polar surface area (TPSA) is 94.5 Å². The maximum absolute atomic E-state index is 5.61. The van der Waals surface area contributed by atoms with E-state index in [1.165, 1.54) is 6.33 Å². The van der Waals surface area contributed by atoms with Gasteiger partial charge in [0.25, 0.3) is 0 Å². The van der Waals surface area contributed by atoms with E-state index in [4.69, 9.17) is 5.84 Å². The third kappa shape index (κ3) is 3.55. The monoisotopic (exact) mass is 261 g/mol. The molecule has 7 heteroatoms. The molecule has 0 radical (unpaired) electrons. The highest BCUT2D eigenvalue weighted by molar-refractivity contribution is 5.11. The first-order valence-electron chi connectivity index (χ1n) is 6.28. The summed E-state index contributed by atoms with van der Waals surface area (Å²) in [5, 5.41) is 4.24. The Kier molecular flexibility index (Phi) is 4.53. The van der Waals surface area contributed by atoms with Crippen LogP contribution >= 0.6 is 0 Å². The van der Waals surface area contributed by atoms with Crippen molar-refractivity contribution in [1.82, 2.24) is 30.2 Å². The highest BCUT2D eigenvalue weighted by Gasteiger charge is 2.15. The molecule has 0 spiro atoms. The van der Waals surface area contributed by atoms with Crippen molar-refractivity contribution >= 4 is 0 Å². The van der Waals surface area contributed by atoms with Crippen molar-refractivity contribution in [1.29, 1.82) is 0 Å². The predicted octanol–water partition coefficient (Wildman–Crippen LogP) is 0.471. The Bertz CT molecular complexity index is 494. The van der Waals surface area contributed by atoms with Gasteiger partial charge in [0.15, 0.2) is 0 Å². The fourth-order valence-corrected chi connectivity index (χ4v) is 1.89. The van der Waals surface area contributed by atoms with Gasteiger partial charge in [0.05, 0.1) is 6.04 Å². The fraction of sp³-hybridized carbons (Fsp3) is 0.500. The lowest BCUT2D eigenvalue weighted by molar-refractivity contribution is 0.446. The Balaban J connectivity index is 2.13. The molecule has 102 valence electrons. The molecule has 0 fully saturated rings. The largest absolute Gasteiger partial charge is 0.271 e. The van der Waals surface area contributed by atoms with E-state index in [1.54, 1.807) is 18.7 Å². The van der Waals surface area contributed by atoms with Crippen LogP contribution in [0.15, 0.2) is 25.0 Å². The van der Waals surface area contributed by atoms with Crippen molar-refractivity contribution in [3.05, 3.63) is 36.4 Å². The minimum Gasteiger partial charge on any atom is -0.271 e. The third-order valence-electron chi connectivity index (χ3n) is 2.80. The molecule has 0 saturated carbocycles. The van der Waals surface area contributed by atoms with Crippen LogP contribution < -0.4 is 11.3 Å². The molecule has 0 aliphatic heterocycles. The second-order valence-electron chi connectivity index (χ2n) is 4.85. The molecule has 0 aromatic carbocycles. The summed E-state index contributed by atoms with van der Waals surface area (Å²) in [6.45, 7) is 5.14. The minimum atomic E-state index is -0.0729. The van der Waals surface area contributed by atoms with Crippen molar-refractivity contribution < 1.29 is 0 Å². The van der Waals surface area contributed by atoms with Gasteiger partial charge in [0.1, 0.15) is 18.5 Å². The first kappa shape index (κ1) is 13.6. The summed E-state index contributed by atoms with van der Waals surface area (Å²) in [4.78, 5) is 12.3. The van der Waals surface area contributed by atoms with Crippen LogP contribution in [0.1, 0.15) is 31.3 Å². The quantitative estimate of drug-likeness (QED) is 0.580. The molecule has 2 heterocycles. The van der Waals surface area contributed by atoms with Crippen LogP contribution in [-0.2, 0) is 13.0 Å². The van der Waals surface area contributed by atoms with Crippen molar-refractivity contribution in [2.45, 2.75) is 32.9 Å². The third-order valence-corrected chi connectivity index (χ3v) is 2.80. The molecule has 19 heavy (non-hydrogen) atoms. The van der Waals surface area contributed by atoms with Crippen molar-refractivity contribution in [3.8, 4) is 0 Å². The second kappa shape index (κ2) is 6.35. The number of hydrogen-bond donors (Lipinski definition) is 2. The maximum Gasteiger partial charge on any atom is 0.138 e. The van der Waals surface area contributed by atoms with Crippen molar-refractivity contribution in [3.63, 3.8) is 0 Å². The first-order chi connectivity index (χ1) is 9.20. The van der Waals surface area contributed by atoms with Crippen molar-refractivity contribution in [2.75, 3.05) is 0 Å². The Hall–Kier alpha value is -1.86. The molecule has 0 amide bonds. The Labute approximate surface area is 112 Å². The lowest BCUT2D eigenvalue weighted by atomic mass is 10.1. The van der Waals surface area contributed by atoms with E-state index >= 15 is 0 Å². The van der Waals surface area contributed by atoms with Crippen LogP contribution in [0.3, 0.4) is 0 Å². The molecule has 1 atom stereocenters. The smallest absolute Gasteiger partial charge is 0.138 e.